The highest BCUT2D eigenvalue weighted by Gasteiger charge is 2.33. The van der Waals surface area contributed by atoms with Crippen LogP contribution in [0.25, 0.3) is 0 Å². The van der Waals surface area contributed by atoms with Gasteiger partial charge in [-0.2, -0.15) is 5.10 Å². The molecule has 1 saturated heterocycles. The Morgan fingerprint density at radius 3 is 2.65 bits per heavy atom. The maximum atomic E-state index is 12.7. The Balaban J connectivity index is 2.15. The van der Waals surface area contributed by atoms with Crippen LogP contribution in [0.2, 0.25) is 0 Å². The summed E-state index contributed by atoms with van der Waals surface area (Å²) in [4.78, 5) is 16.4. The molecular formula is C19H29N5O2. The van der Waals surface area contributed by atoms with Gasteiger partial charge in [0.1, 0.15) is 11.4 Å². The largest absolute Gasteiger partial charge is 0.444 e. The average molecular weight is 359 g/mol. The van der Waals surface area contributed by atoms with Gasteiger partial charge in [0.15, 0.2) is 0 Å². The second-order valence-electron chi connectivity index (χ2n) is 7.33. The Labute approximate surface area is 155 Å². The molecular weight excluding hydrogens is 330 g/mol. The van der Waals surface area contributed by atoms with Gasteiger partial charge in [-0.3, -0.25) is 5.41 Å². The van der Waals surface area contributed by atoms with E-state index in [-0.39, 0.29) is 12.1 Å². The maximum absolute atomic E-state index is 12.7. The smallest absolute Gasteiger partial charge is 0.410 e. The van der Waals surface area contributed by atoms with Crippen LogP contribution >= 0.6 is 0 Å². The number of carbonyl (C=O) groups excluding carboxylic acids is 1. The van der Waals surface area contributed by atoms with Crippen LogP contribution in [0.3, 0.4) is 0 Å². The van der Waals surface area contributed by atoms with Gasteiger partial charge in [-0.15, -0.1) is 0 Å². The lowest BCUT2D eigenvalue weighted by Crippen LogP contribution is -2.58. The molecule has 26 heavy (non-hydrogen) atoms. The number of rotatable bonds is 4. The number of hydrogen-bond donors (Lipinski definition) is 2. The fourth-order valence-corrected chi connectivity index (χ4v) is 2.90. The lowest BCUT2D eigenvalue weighted by Gasteiger charge is -2.42. The second-order valence-corrected chi connectivity index (χ2v) is 7.33. The molecule has 1 aliphatic heterocycles. The number of hydrogen-bond acceptors (Lipinski definition) is 5. The number of ether oxygens (including phenoxy) is 1. The van der Waals surface area contributed by atoms with Crippen molar-refractivity contribution in [3.63, 3.8) is 0 Å². The third-order valence-corrected chi connectivity index (χ3v) is 4.08. The molecule has 0 saturated carbocycles. The number of piperazine rings is 1. The van der Waals surface area contributed by atoms with E-state index in [1.54, 1.807) is 11.9 Å². The molecule has 0 radical (unpaired) electrons. The molecule has 0 bridgehead atoms. The van der Waals surface area contributed by atoms with Crippen LogP contribution in [-0.2, 0) is 11.2 Å². The molecule has 1 aromatic carbocycles. The van der Waals surface area contributed by atoms with E-state index in [9.17, 15) is 4.79 Å². The van der Waals surface area contributed by atoms with Crippen molar-refractivity contribution in [2.75, 3.05) is 26.7 Å². The van der Waals surface area contributed by atoms with Crippen molar-refractivity contribution < 1.29 is 9.53 Å². The van der Waals surface area contributed by atoms with Crippen molar-refractivity contribution in [3.8, 4) is 0 Å². The lowest BCUT2D eigenvalue weighted by atomic mass is 10.0. The van der Waals surface area contributed by atoms with E-state index in [0.29, 0.717) is 31.9 Å². The van der Waals surface area contributed by atoms with Crippen molar-refractivity contribution in [1.29, 1.82) is 5.41 Å². The molecule has 0 unspecified atom stereocenters. The number of amidine groups is 1. The molecule has 1 aliphatic rings. The zero-order chi connectivity index (χ0) is 19.2. The molecule has 2 N–H and O–H groups in total. The zero-order valence-corrected chi connectivity index (χ0v) is 16.0. The number of hydrazone groups is 1. The summed E-state index contributed by atoms with van der Waals surface area (Å²) in [5.74, 6) is 0.334. The predicted molar refractivity (Wildman–Crippen MR) is 104 cm³/mol. The summed E-state index contributed by atoms with van der Waals surface area (Å²) in [5.41, 5.74) is 3.28. The number of nitrogens with one attached hydrogen (secondary N) is 2. The van der Waals surface area contributed by atoms with Gasteiger partial charge in [0.25, 0.3) is 0 Å². The van der Waals surface area contributed by atoms with Crippen LogP contribution in [-0.4, -0.2) is 66.3 Å². The molecule has 7 nitrogen and oxygen atoms in total. The minimum absolute atomic E-state index is 0.0654. The van der Waals surface area contributed by atoms with Gasteiger partial charge in [-0.25, -0.2) is 4.79 Å². The van der Waals surface area contributed by atoms with Crippen LogP contribution in [0.1, 0.15) is 26.3 Å². The van der Waals surface area contributed by atoms with Crippen molar-refractivity contribution in [2.24, 2.45) is 5.10 Å². The average Bonchev–Trinajstić information content (AvgIpc) is 2.59. The molecule has 1 atom stereocenters. The third-order valence-electron chi connectivity index (χ3n) is 4.08. The highest BCUT2D eigenvalue weighted by Crippen LogP contribution is 2.19. The van der Waals surface area contributed by atoms with Crippen LogP contribution < -0.4 is 5.43 Å². The molecule has 0 aromatic heterocycles. The van der Waals surface area contributed by atoms with Crippen molar-refractivity contribution in [3.05, 3.63) is 35.9 Å². The van der Waals surface area contributed by atoms with Gasteiger partial charge in [-0.1, -0.05) is 30.3 Å². The van der Waals surface area contributed by atoms with E-state index in [2.05, 4.69) is 22.7 Å². The van der Waals surface area contributed by atoms with Crippen LogP contribution in [0.4, 0.5) is 4.79 Å². The Morgan fingerprint density at radius 1 is 1.35 bits per heavy atom. The highest BCUT2D eigenvalue weighted by molar-refractivity contribution is 6.27. The SMILES string of the molecule is CN/N=C\C(=N)N1CCN(C(=O)OC(C)(C)C)[C@@H](Cc2ccccc2)C1. The summed E-state index contributed by atoms with van der Waals surface area (Å²) in [5, 5.41) is 12.1. The fraction of sp³-hybridized carbons (Fsp3) is 0.526. The monoisotopic (exact) mass is 359 g/mol. The Morgan fingerprint density at radius 2 is 2.04 bits per heavy atom. The minimum atomic E-state index is -0.530. The summed E-state index contributed by atoms with van der Waals surface area (Å²) in [6.45, 7) is 7.29. The van der Waals surface area contributed by atoms with E-state index < -0.39 is 5.60 Å². The first-order valence-corrected chi connectivity index (χ1v) is 8.87. The molecule has 7 heteroatoms. The van der Waals surface area contributed by atoms with E-state index in [0.717, 1.165) is 5.56 Å². The van der Waals surface area contributed by atoms with Crippen molar-refractivity contribution in [1.82, 2.24) is 15.2 Å². The zero-order valence-electron chi connectivity index (χ0n) is 16.0. The summed E-state index contributed by atoms with van der Waals surface area (Å²) in [6.07, 6.45) is 1.91. The topological polar surface area (TPSA) is 81.0 Å². The molecule has 0 aliphatic carbocycles. The predicted octanol–water partition coefficient (Wildman–Crippen LogP) is 2.33. The summed E-state index contributed by atoms with van der Waals surface area (Å²) < 4.78 is 5.58. The molecule has 0 spiro atoms. The number of nitrogens with zero attached hydrogens (tertiary/aromatic N) is 3. The van der Waals surface area contributed by atoms with Crippen LogP contribution in [0.15, 0.2) is 35.4 Å². The first kappa shape index (κ1) is 19.8. The van der Waals surface area contributed by atoms with Gasteiger partial charge >= 0.3 is 6.09 Å². The normalized spacial score (nSPS) is 18.1. The summed E-state index contributed by atoms with van der Waals surface area (Å²) in [7, 11) is 1.70. The Kier molecular flexibility index (Phi) is 6.60. The van der Waals surface area contributed by atoms with E-state index in [1.165, 1.54) is 6.21 Å². The summed E-state index contributed by atoms with van der Waals surface area (Å²) >= 11 is 0. The molecule has 2 rings (SSSR count). The molecule has 1 fully saturated rings. The molecule has 1 amide bonds. The highest BCUT2D eigenvalue weighted by atomic mass is 16.6. The Bertz CT molecular complexity index is 639. The summed E-state index contributed by atoms with van der Waals surface area (Å²) in [6, 6.07) is 10.0. The lowest BCUT2D eigenvalue weighted by molar-refractivity contribution is 0.00542. The minimum Gasteiger partial charge on any atom is -0.444 e. The standard InChI is InChI=1S/C19H29N5O2/c1-19(2,3)26-18(25)24-11-10-23(17(20)13-22-21-4)14-16(24)12-15-8-6-5-7-9-15/h5-9,13,16,20-21H,10-12,14H2,1-4H3/b20-17?,22-13-/t16-/m0/s1. The molecule has 1 aromatic rings. The first-order chi connectivity index (χ1) is 12.3. The van der Waals surface area contributed by atoms with Crippen LogP contribution in [0.5, 0.6) is 0 Å². The van der Waals surface area contributed by atoms with E-state index in [1.807, 2.05) is 43.9 Å². The first-order valence-electron chi connectivity index (χ1n) is 8.87. The Hall–Kier alpha value is -2.57. The van der Waals surface area contributed by atoms with Crippen LogP contribution in [0, 0.1) is 5.41 Å². The molecule has 1 heterocycles. The maximum Gasteiger partial charge on any atom is 0.410 e. The quantitative estimate of drug-likeness (QED) is 0.491. The van der Waals surface area contributed by atoms with Crippen molar-refractivity contribution in [2.45, 2.75) is 38.8 Å². The van der Waals surface area contributed by atoms with Gasteiger partial charge in [0.05, 0.1) is 12.3 Å². The van der Waals surface area contributed by atoms with Gasteiger partial charge < -0.3 is 20.0 Å². The number of benzene rings is 1. The molecule has 142 valence electrons. The van der Waals surface area contributed by atoms with Gasteiger partial charge in [0.2, 0.25) is 0 Å². The van der Waals surface area contributed by atoms with E-state index >= 15 is 0 Å². The number of amides is 1. The number of carbonyl (C=O) groups is 1. The second kappa shape index (κ2) is 8.69. The van der Waals surface area contributed by atoms with Gasteiger partial charge in [0, 0.05) is 26.7 Å². The fourth-order valence-electron chi connectivity index (χ4n) is 2.90. The van der Waals surface area contributed by atoms with E-state index in [4.69, 9.17) is 10.1 Å². The van der Waals surface area contributed by atoms with Crippen molar-refractivity contribution >= 4 is 18.1 Å². The third kappa shape index (κ3) is 5.75. The van der Waals surface area contributed by atoms with Gasteiger partial charge in [-0.05, 0) is 32.8 Å².